The quantitative estimate of drug-likeness (QED) is 0.790. The Balaban J connectivity index is 2.38. The first kappa shape index (κ1) is 14.9. The molecule has 2 aromatic rings. The van der Waals surface area contributed by atoms with Crippen molar-refractivity contribution in [2.24, 2.45) is 0 Å². The molecule has 0 N–H and O–H groups in total. The van der Waals surface area contributed by atoms with Crippen molar-refractivity contribution in [3.63, 3.8) is 0 Å². The summed E-state index contributed by atoms with van der Waals surface area (Å²) in [5.74, 6) is -1.60. The van der Waals surface area contributed by atoms with E-state index < -0.39 is 18.2 Å². The van der Waals surface area contributed by atoms with E-state index in [1.807, 2.05) is 0 Å². The van der Waals surface area contributed by atoms with Crippen LogP contribution in [0.4, 0.5) is 13.2 Å². The maximum absolute atomic E-state index is 13.6. The van der Waals surface area contributed by atoms with Gasteiger partial charge in [0, 0.05) is 5.56 Å². The third-order valence-corrected chi connectivity index (χ3v) is 2.76. The monoisotopic (exact) mass is 296 g/mol. The molecule has 0 fully saturated rings. The average Bonchev–Trinajstić information content (AvgIpc) is 2.46. The lowest BCUT2D eigenvalue weighted by molar-refractivity contribution is -0.0501. The van der Waals surface area contributed by atoms with Crippen molar-refractivity contribution >= 4 is 5.78 Å². The van der Waals surface area contributed by atoms with Crippen LogP contribution < -0.4 is 9.47 Å². The summed E-state index contributed by atoms with van der Waals surface area (Å²) in [7, 11) is 1.30. The Kier molecular flexibility index (Phi) is 4.47. The van der Waals surface area contributed by atoms with Crippen molar-refractivity contribution in [2.75, 3.05) is 7.11 Å². The van der Waals surface area contributed by atoms with Gasteiger partial charge in [0.25, 0.3) is 0 Å². The van der Waals surface area contributed by atoms with Gasteiger partial charge in [-0.3, -0.25) is 4.79 Å². The lowest BCUT2D eigenvalue weighted by Gasteiger charge is -2.10. The molecular weight excluding hydrogens is 285 g/mol. The molecule has 0 aliphatic heterocycles. The second-order valence-electron chi connectivity index (χ2n) is 4.05. The molecule has 0 heterocycles. The highest BCUT2D eigenvalue weighted by Gasteiger charge is 2.18. The van der Waals surface area contributed by atoms with Gasteiger partial charge in [-0.1, -0.05) is 12.1 Å². The largest absolute Gasteiger partial charge is 0.494 e. The zero-order valence-electron chi connectivity index (χ0n) is 11.0. The third-order valence-electron chi connectivity index (χ3n) is 2.76. The number of ketones is 1. The summed E-state index contributed by atoms with van der Waals surface area (Å²) in [6.07, 6.45) is 0. The zero-order valence-corrected chi connectivity index (χ0v) is 11.0. The first-order valence-electron chi connectivity index (χ1n) is 5.95. The van der Waals surface area contributed by atoms with Crippen LogP contribution in [-0.4, -0.2) is 19.5 Å². The summed E-state index contributed by atoms with van der Waals surface area (Å²) in [6, 6.07) is 9.18. The fraction of sp³-hybridized carbons (Fsp3) is 0.133. The van der Waals surface area contributed by atoms with Crippen LogP contribution >= 0.6 is 0 Å². The molecule has 0 unspecified atom stereocenters. The molecule has 0 atom stereocenters. The normalized spacial score (nSPS) is 10.5. The number of rotatable bonds is 5. The van der Waals surface area contributed by atoms with E-state index in [0.717, 1.165) is 6.07 Å². The minimum atomic E-state index is -3.05. The second kappa shape index (κ2) is 6.30. The van der Waals surface area contributed by atoms with Crippen LogP contribution in [0, 0.1) is 5.82 Å². The molecule has 0 spiro atoms. The molecule has 0 aliphatic rings. The Morgan fingerprint density at radius 3 is 2.43 bits per heavy atom. The number of carbonyl (C=O) groups is 1. The molecule has 21 heavy (non-hydrogen) atoms. The lowest BCUT2D eigenvalue weighted by atomic mass is 10.0. The van der Waals surface area contributed by atoms with Gasteiger partial charge in [0.05, 0.1) is 12.7 Å². The fourth-order valence-electron chi connectivity index (χ4n) is 1.82. The van der Waals surface area contributed by atoms with Crippen molar-refractivity contribution in [3.8, 4) is 11.5 Å². The number of hydrogen-bond acceptors (Lipinski definition) is 3. The van der Waals surface area contributed by atoms with E-state index in [2.05, 4.69) is 4.74 Å². The number of para-hydroxylation sites is 1. The van der Waals surface area contributed by atoms with Crippen LogP contribution in [0.25, 0.3) is 0 Å². The first-order chi connectivity index (χ1) is 10.0. The minimum absolute atomic E-state index is 0.0105. The number of alkyl halides is 2. The van der Waals surface area contributed by atoms with E-state index in [-0.39, 0.29) is 22.6 Å². The molecule has 0 aromatic heterocycles. The van der Waals surface area contributed by atoms with Gasteiger partial charge < -0.3 is 9.47 Å². The molecule has 2 aromatic carbocycles. The number of carbonyl (C=O) groups excluding carboxylic acids is 1. The second-order valence-corrected chi connectivity index (χ2v) is 4.05. The van der Waals surface area contributed by atoms with Crippen LogP contribution in [0.15, 0.2) is 42.5 Å². The smallest absolute Gasteiger partial charge is 0.387 e. The lowest BCUT2D eigenvalue weighted by Crippen LogP contribution is -2.09. The Bertz CT molecular complexity index is 656. The van der Waals surface area contributed by atoms with Crippen molar-refractivity contribution in [3.05, 3.63) is 59.4 Å². The summed E-state index contributed by atoms with van der Waals surface area (Å²) >= 11 is 0. The molecule has 0 saturated carbocycles. The Morgan fingerprint density at radius 1 is 1.10 bits per heavy atom. The summed E-state index contributed by atoms with van der Waals surface area (Å²) in [4.78, 5) is 12.3. The maximum Gasteiger partial charge on any atom is 0.387 e. The van der Waals surface area contributed by atoms with Crippen LogP contribution in [-0.2, 0) is 0 Å². The molecule has 110 valence electrons. The summed E-state index contributed by atoms with van der Waals surface area (Å²) in [5.41, 5.74) is -0.0546. The summed E-state index contributed by atoms with van der Waals surface area (Å²) in [6.45, 7) is -3.05. The van der Waals surface area contributed by atoms with E-state index in [1.54, 1.807) is 0 Å². The van der Waals surface area contributed by atoms with E-state index >= 15 is 0 Å². The van der Waals surface area contributed by atoms with Gasteiger partial charge in [-0.05, 0) is 30.3 Å². The van der Waals surface area contributed by atoms with E-state index in [0.29, 0.717) is 0 Å². The van der Waals surface area contributed by atoms with Gasteiger partial charge >= 0.3 is 6.61 Å². The van der Waals surface area contributed by atoms with Crippen molar-refractivity contribution in [1.82, 2.24) is 0 Å². The zero-order chi connectivity index (χ0) is 15.4. The SMILES string of the molecule is COc1ccc(C(=O)c2ccccc2OC(F)F)cc1F. The van der Waals surface area contributed by atoms with Gasteiger partial charge in [0.15, 0.2) is 17.3 Å². The fourth-order valence-corrected chi connectivity index (χ4v) is 1.82. The van der Waals surface area contributed by atoms with E-state index in [4.69, 9.17) is 4.74 Å². The van der Waals surface area contributed by atoms with Crippen LogP contribution in [0.1, 0.15) is 15.9 Å². The predicted molar refractivity (Wildman–Crippen MR) is 69.5 cm³/mol. The first-order valence-corrected chi connectivity index (χ1v) is 5.95. The molecular formula is C15H11F3O3. The molecule has 2 rings (SSSR count). The molecule has 0 radical (unpaired) electrons. The topological polar surface area (TPSA) is 35.5 Å². The van der Waals surface area contributed by atoms with Gasteiger partial charge in [0.2, 0.25) is 0 Å². The van der Waals surface area contributed by atoms with Crippen molar-refractivity contribution in [2.45, 2.75) is 6.61 Å². The number of methoxy groups -OCH3 is 1. The Labute approximate surface area is 118 Å². The number of benzene rings is 2. The Morgan fingerprint density at radius 2 is 1.81 bits per heavy atom. The van der Waals surface area contributed by atoms with Gasteiger partial charge in [-0.15, -0.1) is 0 Å². The predicted octanol–water partition coefficient (Wildman–Crippen LogP) is 3.67. The molecule has 0 aliphatic carbocycles. The van der Waals surface area contributed by atoms with Crippen molar-refractivity contribution in [1.29, 1.82) is 0 Å². The van der Waals surface area contributed by atoms with E-state index in [9.17, 15) is 18.0 Å². The highest BCUT2D eigenvalue weighted by Crippen LogP contribution is 2.25. The van der Waals surface area contributed by atoms with Gasteiger partial charge in [-0.25, -0.2) is 4.39 Å². The molecule has 0 bridgehead atoms. The number of hydrogen-bond donors (Lipinski definition) is 0. The molecule has 0 saturated heterocycles. The third kappa shape index (κ3) is 3.34. The molecule has 6 heteroatoms. The van der Waals surface area contributed by atoms with Gasteiger partial charge in [-0.2, -0.15) is 8.78 Å². The summed E-state index contributed by atoms with van der Waals surface area (Å²) < 4.78 is 47.3. The van der Waals surface area contributed by atoms with Crippen LogP contribution in [0.3, 0.4) is 0 Å². The van der Waals surface area contributed by atoms with Crippen LogP contribution in [0.5, 0.6) is 11.5 Å². The Hall–Kier alpha value is -2.50. The van der Waals surface area contributed by atoms with Crippen LogP contribution in [0.2, 0.25) is 0 Å². The molecule has 0 amide bonds. The average molecular weight is 296 g/mol. The van der Waals surface area contributed by atoms with Gasteiger partial charge in [0.1, 0.15) is 5.75 Å². The molecule has 3 nitrogen and oxygen atoms in total. The standard InChI is InChI=1S/C15H11F3O3/c1-20-13-7-6-9(8-11(13)16)14(19)10-4-2-3-5-12(10)21-15(17)18/h2-8,15H,1H3. The van der Waals surface area contributed by atoms with Crippen molar-refractivity contribution < 1.29 is 27.4 Å². The minimum Gasteiger partial charge on any atom is -0.494 e. The number of halogens is 3. The number of ether oxygens (including phenoxy) is 2. The van der Waals surface area contributed by atoms with E-state index in [1.165, 1.54) is 43.5 Å². The maximum atomic E-state index is 13.6. The summed E-state index contributed by atoms with van der Waals surface area (Å²) in [5, 5.41) is 0. The highest BCUT2D eigenvalue weighted by atomic mass is 19.3. The highest BCUT2D eigenvalue weighted by molar-refractivity contribution is 6.10.